The molecule has 0 fully saturated rings. The van der Waals surface area contributed by atoms with Crippen LogP contribution >= 0.6 is 0 Å². The SMILES string of the molecule is c1ccc2c(c1)oc1c2ccc2c3ccccc3n(-c3ccc(-c4ccc(-n5c6ccccc6c6ccccc65)cc4)cc3)c21. The van der Waals surface area contributed by atoms with Crippen LogP contribution in [0.1, 0.15) is 0 Å². The highest BCUT2D eigenvalue weighted by Crippen LogP contribution is 2.40. The summed E-state index contributed by atoms with van der Waals surface area (Å²) in [6.07, 6.45) is 0. The van der Waals surface area contributed by atoms with Gasteiger partial charge in [0.1, 0.15) is 5.58 Å². The molecule has 0 N–H and O–H groups in total. The van der Waals surface area contributed by atoms with E-state index in [2.05, 4.69) is 161 Å². The number of nitrogens with zero attached hydrogens (tertiary/aromatic N) is 2. The van der Waals surface area contributed by atoms with E-state index in [1.807, 2.05) is 6.07 Å². The quantitative estimate of drug-likeness (QED) is 0.206. The molecule has 0 amide bonds. The van der Waals surface area contributed by atoms with Gasteiger partial charge in [0, 0.05) is 43.7 Å². The Bertz CT molecular complexity index is 2690. The van der Waals surface area contributed by atoms with Gasteiger partial charge in [0.05, 0.1) is 22.1 Å². The summed E-state index contributed by atoms with van der Waals surface area (Å²) in [6.45, 7) is 0. The Morgan fingerprint density at radius 1 is 0.333 bits per heavy atom. The zero-order valence-electron chi connectivity index (χ0n) is 24.3. The van der Waals surface area contributed by atoms with E-state index in [-0.39, 0.29) is 0 Å². The van der Waals surface area contributed by atoms with Crippen molar-refractivity contribution in [2.24, 2.45) is 0 Å². The maximum Gasteiger partial charge on any atom is 0.160 e. The molecule has 10 aromatic rings. The molecule has 0 aliphatic heterocycles. The van der Waals surface area contributed by atoms with Crippen LogP contribution in [-0.2, 0) is 0 Å². The molecule has 0 aliphatic rings. The molecule has 0 radical (unpaired) electrons. The minimum atomic E-state index is 0.913. The summed E-state index contributed by atoms with van der Waals surface area (Å²) in [5.74, 6) is 0. The Kier molecular flexibility index (Phi) is 5.00. The van der Waals surface area contributed by atoms with Gasteiger partial charge in [-0.1, -0.05) is 103 Å². The van der Waals surface area contributed by atoms with Crippen LogP contribution in [0.5, 0.6) is 0 Å². The van der Waals surface area contributed by atoms with Crippen LogP contribution < -0.4 is 0 Å². The number of benzene rings is 7. The van der Waals surface area contributed by atoms with Gasteiger partial charge in [-0.2, -0.15) is 0 Å². The van der Waals surface area contributed by atoms with Gasteiger partial charge in [0.15, 0.2) is 5.58 Å². The van der Waals surface area contributed by atoms with Crippen molar-refractivity contribution in [1.82, 2.24) is 9.13 Å². The Morgan fingerprint density at radius 3 is 1.38 bits per heavy atom. The highest BCUT2D eigenvalue weighted by atomic mass is 16.3. The molecule has 0 bridgehead atoms. The summed E-state index contributed by atoms with van der Waals surface area (Å²) in [6, 6.07) is 56.5. The normalized spacial score (nSPS) is 12.0. The fourth-order valence-electron chi connectivity index (χ4n) is 7.31. The fourth-order valence-corrected chi connectivity index (χ4v) is 7.31. The van der Waals surface area contributed by atoms with Crippen molar-refractivity contribution in [3.63, 3.8) is 0 Å². The van der Waals surface area contributed by atoms with Gasteiger partial charge in [0.25, 0.3) is 0 Å². The molecule has 0 saturated carbocycles. The molecule has 3 nitrogen and oxygen atoms in total. The van der Waals surface area contributed by atoms with Crippen molar-refractivity contribution in [3.8, 4) is 22.5 Å². The smallest absolute Gasteiger partial charge is 0.160 e. The fraction of sp³-hybridized carbons (Fsp3) is 0. The van der Waals surface area contributed by atoms with Crippen LogP contribution in [0.3, 0.4) is 0 Å². The van der Waals surface area contributed by atoms with E-state index in [0.29, 0.717) is 0 Å². The van der Waals surface area contributed by atoms with E-state index >= 15 is 0 Å². The molecule has 45 heavy (non-hydrogen) atoms. The molecular weight excluding hydrogens is 548 g/mol. The predicted octanol–water partition coefficient (Wildman–Crippen LogP) is 11.4. The Labute approximate surface area is 258 Å². The maximum absolute atomic E-state index is 6.52. The topological polar surface area (TPSA) is 23.0 Å². The van der Waals surface area contributed by atoms with Crippen molar-refractivity contribution in [2.45, 2.75) is 0 Å². The molecule has 0 saturated heterocycles. The lowest BCUT2D eigenvalue weighted by atomic mass is 10.0. The first kappa shape index (κ1) is 24.4. The summed E-state index contributed by atoms with van der Waals surface area (Å²) in [4.78, 5) is 0. The third kappa shape index (κ3) is 3.46. The lowest BCUT2D eigenvalue weighted by molar-refractivity contribution is 0.671. The summed E-state index contributed by atoms with van der Waals surface area (Å²) >= 11 is 0. The van der Waals surface area contributed by atoms with Gasteiger partial charge in [-0.15, -0.1) is 0 Å². The highest BCUT2D eigenvalue weighted by Gasteiger charge is 2.19. The minimum Gasteiger partial charge on any atom is -0.454 e. The molecule has 0 atom stereocenters. The van der Waals surface area contributed by atoms with Crippen LogP contribution in [0.4, 0.5) is 0 Å². The maximum atomic E-state index is 6.52. The van der Waals surface area contributed by atoms with E-state index in [9.17, 15) is 0 Å². The first-order valence-corrected chi connectivity index (χ1v) is 15.4. The van der Waals surface area contributed by atoms with E-state index in [4.69, 9.17) is 4.42 Å². The molecule has 0 spiro atoms. The average Bonchev–Trinajstić information content (AvgIpc) is 3.76. The number of hydrogen-bond acceptors (Lipinski definition) is 1. The van der Waals surface area contributed by atoms with Crippen molar-refractivity contribution in [2.75, 3.05) is 0 Å². The third-order valence-corrected chi connectivity index (χ3v) is 9.34. The second kappa shape index (κ2) is 9.22. The standard InChI is InChI=1S/C42H26N2O/c1-5-13-37-31(9-1)32-10-2-6-14-38(32)43(37)29-21-17-27(18-22-29)28-19-23-30(24-20-28)44-39-15-7-3-11-33(39)35-25-26-36-34-12-4-8-16-40(34)45-42(36)41(35)44/h1-26H. The van der Waals surface area contributed by atoms with Crippen LogP contribution in [0, 0.1) is 0 Å². The number of aromatic nitrogens is 2. The van der Waals surface area contributed by atoms with Gasteiger partial charge in [-0.3, -0.25) is 0 Å². The number of fused-ring (bicyclic) bond motifs is 10. The van der Waals surface area contributed by atoms with E-state index in [0.717, 1.165) is 38.8 Å². The first-order valence-electron chi connectivity index (χ1n) is 15.4. The Morgan fingerprint density at radius 2 is 0.778 bits per heavy atom. The molecule has 210 valence electrons. The predicted molar refractivity (Wildman–Crippen MR) is 188 cm³/mol. The van der Waals surface area contributed by atoms with Crippen molar-refractivity contribution in [1.29, 1.82) is 0 Å². The summed E-state index contributed by atoms with van der Waals surface area (Å²) in [7, 11) is 0. The Hall–Kier alpha value is -6.06. The van der Waals surface area contributed by atoms with E-state index in [1.54, 1.807) is 0 Å². The van der Waals surface area contributed by atoms with E-state index in [1.165, 1.54) is 49.2 Å². The van der Waals surface area contributed by atoms with Crippen molar-refractivity contribution in [3.05, 3.63) is 158 Å². The number of furan rings is 1. The number of rotatable bonds is 3. The molecular formula is C42H26N2O. The summed E-state index contributed by atoms with van der Waals surface area (Å²) in [5, 5.41) is 7.25. The second-order valence-electron chi connectivity index (χ2n) is 11.8. The molecule has 0 aliphatic carbocycles. The van der Waals surface area contributed by atoms with Crippen LogP contribution in [0.25, 0.3) is 88.1 Å². The lowest BCUT2D eigenvalue weighted by Crippen LogP contribution is -1.95. The molecule has 0 unspecified atom stereocenters. The van der Waals surface area contributed by atoms with Gasteiger partial charge < -0.3 is 13.6 Å². The Balaban J connectivity index is 1.10. The van der Waals surface area contributed by atoms with Crippen molar-refractivity contribution >= 4 is 65.6 Å². The molecule has 3 heterocycles. The highest BCUT2D eigenvalue weighted by molar-refractivity contribution is 6.21. The van der Waals surface area contributed by atoms with Gasteiger partial charge in [0.2, 0.25) is 0 Å². The molecule has 3 aromatic heterocycles. The zero-order chi connectivity index (χ0) is 29.5. The zero-order valence-corrected chi connectivity index (χ0v) is 24.3. The molecule has 3 heteroatoms. The lowest BCUT2D eigenvalue weighted by Gasteiger charge is -2.11. The second-order valence-corrected chi connectivity index (χ2v) is 11.8. The summed E-state index contributed by atoms with van der Waals surface area (Å²) < 4.78 is 11.2. The minimum absolute atomic E-state index is 0.913. The van der Waals surface area contributed by atoms with Crippen LogP contribution in [-0.4, -0.2) is 9.13 Å². The number of para-hydroxylation sites is 4. The molecule has 7 aromatic carbocycles. The van der Waals surface area contributed by atoms with Crippen LogP contribution in [0.15, 0.2) is 162 Å². The largest absolute Gasteiger partial charge is 0.454 e. The van der Waals surface area contributed by atoms with Gasteiger partial charge in [-0.05, 0) is 65.7 Å². The molecule has 10 rings (SSSR count). The number of hydrogen-bond donors (Lipinski definition) is 0. The average molecular weight is 575 g/mol. The van der Waals surface area contributed by atoms with Crippen LogP contribution in [0.2, 0.25) is 0 Å². The van der Waals surface area contributed by atoms with Crippen molar-refractivity contribution < 1.29 is 4.42 Å². The van der Waals surface area contributed by atoms with Gasteiger partial charge >= 0.3 is 0 Å². The first-order chi connectivity index (χ1) is 22.3. The summed E-state index contributed by atoms with van der Waals surface area (Å²) in [5.41, 5.74) is 11.2. The third-order valence-electron chi connectivity index (χ3n) is 9.34. The van der Waals surface area contributed by atoms with Gasteiger partial charge in [-0.25, -0.2) is 0 Å². The monoisotopic (exact) mass is 574 g/mol. The van der Waals surface area contributed by atoms with E-state index < -0.39 is 0 Å².